The molecule has 0 unspecified atom stereocenters. The highest BCUT2D eigenvalue weighted by Crippen LogP contribution is 2.29. The third-order valence-corrected chi connectivity index (χ3v) is 6.75. The van der Waals surface area contributed by atoms with Crippen molar-refractivity contribution in [3.8, 4) is 5.69 Å². The first kappa shape index (κ1) is 22.4. The Labute approximate surface area is 195 Å². The lowest BCUT2D eigenvalue weighted by Crippen LogP contribution is -2.16. The van der Waals surface area contributed by atoms with Gasteiger partial charge in [-0.1, -0.05) is 17.7 Å². The molecule has 0 spiro atoms. The summed E-state index contributed by atoms with van der Waals surface area (Å²) in [5.41, 5.74) is 10.4. The predicted octanol–water partition coefficient (Wildman–Crippen LogP) is 5.91. The van der Waals surface area contributed by atoms with Crippen LogP contribution in [-0.2, 0) is 0 Å². The number of fused-ring (bicyclic) bond motifs is 1. The third-order valence-electron chi connectivity index (χ3n) is 5.63. The lowest BCUT2D eigenvalue weighted by molar-refractivity contribution is -0.384. The van der Waals surface area contributed by atoms with Crippen molar-refractivity contribution in [2.24, 2.45) is 5.10 Å². The maximum Gasteiger partial charge on any atom is 0.281 e. The number of nitrogens with zero attached hydrogens (tertiary/aromatic N) is 3. The smallest absolute Gasteiger partial charge is 0.281 e. The van der Waals surface area contributed by atoms with Gasteiger partial charge < -0.3 is 4.57 Å². The van der Waals surface area contributed by atoms with E-state index in [1.807, 2.05) is 13.0 Å². The molecule has 1 amide bonds. The zero-order valence-corrected chi connectivity index (χ0v) is 19.9. The number of non-ortho nitro benzene ring substituents is 1. The molecule has 7 nitrogen and oxygen atoms in total. The number of aryl methyl sites for hydroxylation is 4. The van der Waals surface area contributed by atoms with E-state index in [-0.39, 0.29) is 11.6 Å². The molecule has 0 aliphatic carbocycles. The number of amides is 1. The Morgan fingerprint density at radius 2 is 1.76 bits per heavy atom. The number of nitro benzene ring substituents is 1. The molecule has 0 saturated heterocycles. The fraction of sp³-hybridized carbons (Fsp3) is 0.200. The van der Waals surface area contributed by atoms with Gasteiger partial charge >= 0.3 is 0 Å². The molecule has 0 fully saturated rings. The molecular weight excluding hydrogens is 436 g/mol. The van der Waals surface area contributed by atoms with Crippen LogP contribution >= 0.6 is 11.3 Å². The first-order valence-electron chi connectivity index (χ1n) is 10.4. The van der Waals surface area contributed by atoms with Gasteiger partial charge in [0.05, 0.1) is 21.7 Å². The van der Waals surface area contributed by atoms with Crippen LogP contribution < -0.4 is 5.43 Å². The largest absolute Gasteiger partial charge is 0.317 e. The van der Waals surface area contributed by atoms with E-state index in [4.69, 9.17) is 0 Å². The highest BCUT2D eigenvalue weighted by molar-refractivity contribution is 7.20. The number of carbonyl (C=O) groups excluding carboxylic acids is 1. The Hall–Kier alpha value is -3.78. The number of benzene rings is 2. The number of hydrazone groups is 1. The van der Waals surface area contributed by atoms with Crippen LogP contribution in [0, 0.1) is 44.7 Å². The number of aromatic nitrogens is 1. The summed E-state index contributed by atoms with van der Waals surface area (Å²) >= 11 is 1.27. The van der Waals surface area contributed by atoms with E-state index in [0.717, 1.165) is 21.7 Å². The van der Waals surface area contributed by atoms with Crippen molar-refractivity contribution in [3.63, 3.8) is 0 Å². The van der Waals surface area contributed by atoms with Crippen molar-refractivity contribution in [3.05, 3.63) is 91.1 Å². The molecule has 0 aliphatic rings. The standard InChI is InChI=1S/C25H24N4O3S/c1-14-8-15(2)24(16(3)9-14)28-17(4)10-20(18(28)5)13-26-27-25(30)23-12-19-11-21(29(31)32)6-7-22(19)33-23/h6-13H,1-5H3,(H,27,30). The van der Waals surface area contributed by atoms with E-state index in [1.165, 1.54) is 45.8 Å². The molecule has 2 heterocycles. The van der Waals surface area contributed by atoms with Crippen LogP contribution in [-0.4, -0.2) is 21.6 Å². The molecule has 0 atom stereocenters. The van der Waals surface area contributed by atoms with Crippen LogP contribution in [0.15, 0.2) is 47.6 Å². The van der Waals surface area contributed by atoms with E-state index in [0.29, 0.717) is 10.3 Å². The summed E-state index contributed by atoms with van der Waals surface area (Å²) < 4.78 is 3.02. The van der Waals surface area contributed by atoms with E-state index >= 15 is 0 Å². The van der Waals surface area contributed by atoms with Gasteiger partial charge in [0, 0.05) is 39.2 Å². The Balaban J connectivity index is 1.56. The molecule has 33 heavy (non-hydrogen) atoms. The molecular formula is C25H24N4O3S. The summed E-state index contributed by atoms with van der Waals surface area (Å²) in [6, 6.07) is 12.6. The number of hydrogen-bond donors (Lipinski definition) is 1. The first-order chi connectivity index (χ1) is 15.7. The summed E-state index contributed by atoms with van der Waals surface area (Å²) in [4.78, 5) is 23.5. The van der Waals surface area contributed by atoms with Gasteiger partial charge in [-0.2, -0.15) is 5.10 Å². The maximum absolute atomic E-state index is 12.6. The second-order valence-electron chi connectivity index (χ2n) is 8.20. The lowest BCUT2D eigenvalue weighted by atomic mass is 10.0. The lowest BCUT2D eigenvalue weighted by Gasteiger charge is -2.16. The van der Waals surface area contributed by atoms with E-state index in [2.05, 4.69) is 54.9 Å². The molecule has 0 radical (unpaired) electrons. The molecule has 2 aromatic carbocycles. The minimum absolute atomic E-state index is 0.000291. The molecule has 4 rings (SSSR count). The minimum atomic E-state index is -0.447. The number of thiophene rings is 1. The van der Waals surface area contributed by atoms with Gasteiger partial charge in [0.2, 0.25) is 0 Å². The van der Waals surface area contributed by atoms with Crippen molar-refractivity contribution in [1.29, 1.82) is 0 Å². The highest BCUT2D eigenvalue weighted by Gasteiger charge is 2.15. The number of nitrogens with one attached hydrogen (secondary N) is 1. The Morgan fingerprint density at radius 3 is 2.42 bits per heavy atom. The van der Waals surface area contributed by atoms with Gasteiger partial charge in [0.25, 0.3) is 11.6 Å². The van der Waals surface area contributed by atoms with Gasteiger partial charge in [-0.05, 0) is 63.9 Å². The summed E-state index contributed by atoms with van der Waals surface area (Å²) in [7, 11) is 0. The van der Waals surface area contributed by atoms with Crippen LogP contribution in [0.3, 0.4) is 0 Å². The molecule has 8 heteroatoms. The van der Waals surface area contributed by atoms with Crippen LogP contribution in [0.4, 0.5) is 5.69 Å². The van der Waals surface area contributed by atoms with Gasteiger partial charge in [0.15, 0.2) is 0 Å². The summed E-state index contributed by atoms with van der Waals surface area (Å²) in [6.07, 6.45) is 1.65. The predicted molar refractivity (Wildman–Crippen MR) is 133 cm³/mol. The quantitative estimate of drug-likeness (QED) is 0.228. The van der Waals surface area contributed by atoms with E-state index in [1.54, 1.807) is 18.3 Å². The molecule has 168 valence electrons. The molecule has 1 N–H and O–H groups in total. The van der Waals surface area contributed by atoms with Gasteiger partial charge in [0.1, 0.15) is 0 Å². The van der Waals surface area contributed by atoms with Crippen LogP contribution in [0.25, 0.3) is 15.8 Å². The van der Waals surface area contributed by atoms with Crippen molar-refractivity contribution in [2.45, 2.75) is 34.6 Å². The monoisotopic (exact) mass is 460 g/mol. The average molecular weight is 461 g/mol. The average Bonchev–Trinajstić information content (AvgIpc) is 3.29. The first-order valence-corrected chi connectivity index (χ1v) is 11.3. The van der Waals surface area contributed by atoms with Crippen molar-refractivity contribution in [1.82, 2.24) is 9.99 Å². The third kappa shape index (κ3) is 4.29. The number of carbonyl (C=O) groups is 1. The maximum atomic E-state index is 12.6. The van der Waals surface area contributed by atoms with Gasteiger partial charge in [-0.3, -0.25) is 14.9 Å². The van der Waals surface area contributed by atoms with Gasteiger partial charge in [-0.15, -0.1) is 11.3 Å². The number of nitro groups is 1. The summed E-state index contributed by atoms with van der Waals surface area (Å²) in [5, 5.41) is 15.8. The zero-order chi connectivity index (χ0) is 23.9. The minimum Gasteiger partial charge on any atom is -0.317 e. The highest BCUT2D eigenvalue weighted by atomic mass is 32.1. The molecule has 0 saturated carbocycles. The molecule has 2 aromatic heterocycles. The molecule has 4 aromatic rings. The Kier molecular flexibility index (Phi) is 5.86. The normalized spacial score (nSPS) is 11.4. The number of hydrogen-bond acceptors (Lipinski definition) is 5. The Bertz CT molecular complexity index is 1420. The molecule has 0 aliphatic heterocycles. The molecule has 0 bridgehead atoms. The topological polar surface area (TPSA) is 89.5 Å². The van der Waals surface area contributed by atoms with Crippen LogP contribution in [0.5, 0.6) is 0 Å². The second-order valence-corrected chi connectivity index (χ2v) is 9.28. The summed E-state index contributed by atoms with van der Waals surface area (Å²) in [6.45, 7) is 10.4. The second kappa shape index (κ2) is 8.63. The fourth-order valence-electron chi connectivity index (χ4n) is 4.26. The van der Waals surface area contributed by atoms with Crippen molar-refractivity contribution in [2.75, 3.05) is 0 Å². The Morgan fingerprint density at radius 1 is 1.06 bits per heavy atom. The van der Waals surface area contributed by atoms with Gasteiger partial charge in [-0.25, -0.2) is 5.43 Å². The zero-order valence-electron chi connectivity index (χ0n) is 19.1. The van der Waals surface area contributed by atoms with E-state index in [9.17, 15) is 14.9 Å². The van der Waals surface area contributed by atoms with Crippen molar-refractivity contribution < 1.29 is 9.72 Å². The fourth-order valence-corrected chi connectivity index (χ4v) is 5.19. The number of rotatable bonds is 5. The summed E-state index contributed by atoms with van der Waals surface area (Å²) in [5.74, 6) is -0.353. The van der Waals surface area contributed by atoms with E-state index < -0.39 is 4.92 Å². The van der Waals surface area contributed by atoms with Crippen LogP contribution in [0.1, 0.15) is 43.3 Å². The van der Waals surface area contributed by atoms with Crippen LogP contribution in [0.2, 0.25) is 0 Å². The SMILES string of the molecule is Cc1cc(C)c(-n2c(C)cc(C=NNC(=O)c3cc4cc([N+](=O)[O-])ccc4s3)c2C)c(C)c1. The van der Waals surface area contributed by atoms with Crippen molar-refractivity contribution >= 4 is 39.2 Å².